The Hall–Kier alpha value is -1.06. The predicted molar refractivity (Wildman–Crippen MR) is 110 cm³/mol. The predicted octanol–water partition coefficient (Wildman–Crippen LogP) is 2.28. The van der Waals surface area contributed by atoms with Crippen LogP contribution in [0, 0.1) is 0 Å². The van der Waals surface area contributed by atoms with Crippen molar-refractivity contribution in [1.82, 2.24) is 16.0 Å². The zero-order chi connectivity index (χ0) is 17.3. The van der Waals surface area contributed by atoms with Crippen LogP contribution in [0.4, 0.5) is 0 Å². The lowest BCUT2D eigenvalue weighted by Crippen LogP contribution is -2.46. The molecule has 0 aromatic heterocycles. The van der Waals surface area contributed by atoms with Gasteiger partial charge in [0.25, 0.3) is 5.91 Å². The molecule has 0 spiro atoms. The minimum Gasteiger partial charge on any atom is -0.377 e. The van der Waals surface area contributed by atoms with E-state index in [-0.39, 0.29) is 35.5 Å². The van der Waals surface area contributed by atoms with Crippen molar-refractivity contribution in [2.45, 2.75) is 19.4 Å². The van der Waals surface area contributed by atoms with Gasteiger partial charge < -0.3 is 20.7 Å². The van der Waals surface area contributed by atoms with E-state index in [2.05, 4.69) is 20.9 Å². The van der Waals surface area contributed by atoms with Gasteiger partial charge in [-0.05, 0) is 26.0 Å². The molecule has 1 aromatic rings. The van der Waals surface area contributed by atoms with Gasteiger partial charge in [-0.25, -0.2) is 0 Å². The summed E-state index contributed by atoms with van der Waals surface area (Å²) in [6, 6.07) is 6.96. The van der Waals surface area contributed by atoms with Gasteiger partial charge >= 0.3 is 0 Å². The zero-order valence-electron chi connectivity index (χ0n) is 14.5. The number of carbonyl (C=O) groups excluding carboxylic acids is 1. The third-order valence-corrected chi connectivity index (χ3v) is 3.61. The second kappa shape index (κ2) is 11.5. The normalized spacial score (nSPS) is 11.5. The lowest BCUT2D eigenvalue weighted by atomic mass is 10.1. The number of hydrogen-bond donors (Lipinski definition) is 3. The number of hydrogen-bond acceptors (Lipinski definition) is 3. The van der Waals surface area contributed by atoms with Crippen molar-refractivity contribution in [3.63, 3.8) is 0 Å². The number of benzene rings is 1. The summed E-state index contributed by atoms with van der Waals surface area (Å²) in [5, 5.41) is 9.54. The van der Waals surface area contributed by atoms with Crippen molar-refractivity contribution in [2.24, 2.45) is 4.99 Å². The third-order valence-electron chi connectivity index (χ3n) is 3.28. The fraction of sp³-hybridized carbons (Fsp3) is 0.500. The van der Waals surface area contributed by atoms with Crippen LogP contribution in [0.1, 0.15) is 24.2 Å². The quantitative estimate of drug-likeness (QED) is 0.248. The summed E-state index contributed by atoms with van der Waals surface area (Å²) in [7, 11) is 3.36. The molecule has 0 saturated heterocycles. The van der Waals surface area contributed by atoms with E-state index < -0.39 is 0 Å². The minimum atomic E-state index is -0.282. The lowest BCUT2D eigenvalue weighted by Gasteiger charge is -2.24. The number of carbonyl (C=O) groups is 1. The number of aliphatic imine (C=N–C) groups is 1. The van der Waals surface area contributed by atoms with Crippen LogP contribution in [-0.4, -0.2) is 51.3 Å². The number of methoxy groups -OCH3 is 1. The van der Waals surface area contributed by atoms with Crippen molar-refractivity contribution in [2.75, 3.05) is 33.8 Å². The van der Waals surface area contributed by atoms with E-state index in [9.17, 15) is 4.79 Å². The molecule has 0 bridgehead atoms. The molecule has 0 unspecified atom stereocenters. The molecule has 0 aliphatic heterocycles. The molecule has 0 fully saturated rings. The highest BCUT2D eigenvalue weighted by atomic mass is 127. The van der Waals surface area contributed by atoms with Gasteiger partial charge in [-0.3, -0.25) is 9.79 Å². The first kappa shape index (κ1) is 22.9. The van der Waals surface area contributed by atoms with Crippen LogP contribution in [-0.2, 0) is 4.74 Å². The molecule has 1 amide bonds. The molecule has 0 atom stereocenters. The SMILES string of the molecule is CN=C(NCCNC(=O)c1ccccc1Cl)NCC(C)(C)OC.I. The molecule has 0 aliphatic rings. The number of nitrogens with zero attached hydrogens (tertiary/aromatic N) is 1. The molecule has 0 heterocycles. The van der Waals surface area contributed by atoms with Crippen molar-refractivity contribution in [3.05, 3.63) is 34.9 Å². The Morgan fingerprint density at radius 3 is 2.42 bits per heavy atom. The monoisotopic (exact) mass is 468 g/mol. The Bertz CT molecular complexity index is 553. The van der Waals surface area contributed by atoms with Gasteiger partial charge in [-0.1, -0.05) is 23.7 Å². The molecule has 0 saturated carbocycles. The van der Waals surface area contributed by atoms with E-state index in [0.29, 0.717) is 36.2 Å². The molecule has 3 N–H and O–H groups in total. The van der Waals surface area contributed by atoms with Crippen LogP contribution in [0.5, 0.6) is 0 Å². The van der Waals surface area contributed by atoms with E-state index in [1.165, 1.54) is 0 Å². The van der Waals surface area contributed by atoms with Gasteiger partial charge in [0.05, 0.1) is 16.2 Å². The summed E-state index contributed by atoms with van der Waals surface area (Å²) in [5.74, 6) is 0.461. The highest BCUT2D eigenvalue weighted by Gasteiger charge is 2.16. The van der Waals surface area contributed by atoms with E-state index in [1.807, 2.05) is 13.8 Å². The number of guanidine groups is 1. The molecule has 24 heavy (non-hydrogen) atoms. The van der Waals surface area contributed by atoms with E-state index in [0.717, 1.165) is 0 Å². The van der Waals surface area contributed by atoms with Crippen LogP contribution in [0.2, 0.25) is 5.02 Å². The van der Waals surface area contributed by atoms with Crippen LogP contribution in [0.3, 0.4) is 0 Å². The van der Waals surface area contributed by atoms with Crippen molar-refractivity contribution < 1.29 is 9.53 Å². The highest BCUT2D eigenvalue weighted by molar-refractivity contribution is 14.0. The summed E-state index contributed by atoms with van der Waals surface area (Å²) in [4.78, 5) is 16.1. The average molecular weight is 469 g/mol. The molecule has 1 aromatic carbocycles. The van der Waals surface area contributed by atoms with Crippen molar-refractivity contribution in [3.8, 4) is 0 Å². The highest BCUT2D eigenvalue weighted by Crippen LogP contribution is 2.14. The van der Waals surface area contributed by atoms with Crippen LogP contribution in [0.25, 0.3) is 0 Å². The molecule has 1 rings (SSSR count). The van der Waals surface area contributed by atoms with E-state index in [4.69, 9.17) is 16.3 Å². The Balaban J connectivity index is 0.00000529. The fourth-order valence-electron chi connectivity index (χ4n) is 1.69. The molecule has 0 aliphatic carbocycles. The number of amides is 1. The summed E-state index contributed by atoms with van der Waals surface area (Å²) in [6.45, 7) is 5.59. The molecule has 8 heteroatoms. The fourth-order valence-corrected chi connectivity index (χ4v) is 1.91. The number of halogens is 2. The Morgan fingerprint density at radius 2 is 1.83 bits per heavy atom. The Morgan fingerprint density at radius 1 is 1.21 bits per heavy atom. The second-order valence-corrected chi connectivity index (χ2v) is 5.96. The summed E-state index contributed by atoms with van der Waals surface area (Å²) < 4.78 is 5.34. The topological polar surface area (TPSA) is 74.8 Å². The molecule has 136 valence electrons. The maximum atomic E-state index is 12.0. The zero-order valence-corrected chi connectivity index (χ0v) is 17.6. The maximum Gasteiger partial charge on any atom is 0.252 e. The average Bonchev–Trinajstić information content (AvgIpc) is 2.54. The third kappa shape index (κ3) is 8.16. The van der Waals surface area contributed by atoms with Crippen molar-refractivity contribution in [1.29, 1.82) is 0 Å². The number of ether oxygens (including phenoxy) is 1. The lowest BCUT2D eigenvalue weighted by molar-refractivity contribution is 0.0268. The van der Waals surface area contributed by atoms with Gasteiger partial charge in [0.1, 0.15) is 0 Å². The molecular formula is C16H26ClIN4O2. The minimum absolute atomic E-state index is 0. The van der Waals surface area contributed by atoms with Crippen LogP contribution in [0.15, 0.2) is 29.3 Å². The van der Waals surface area contributed by atoms with E-state index >= 15 is 0 Å². The number of rotatable bonds is 7. The second-order valence-electron chi connectivity index (χ2n) is 5.55. The number of nitrogens with one attached hydrogen (secondary N) is 3. The standard InChI is InChI=1S/C16H25ClN4O2.HI/c1-16(2,23-4)11-21-15(18-3)20-10-9-19-14(22)12-7-5-6-8-13(12)17;/h5-8H,9-11H2,1-4H3,(H,19,22)(H2,18,20,21);1H. The van der Waals surface area contributed by atoms with Crippen molar-refractivity contribution >= 4 is 47.4 Å². The van der Waals surface area contributed by atoms with Gasteiger partial charge in [-0.15, -0.1) is 24.0 Å². The van der Waals surface area contributed by atoms with Gasteiger partial charge in [-0.2, -0.15) is 0 Å². The first-order valence-electron chi connectivity index (χ1n) is 7.42. The molecule has 6 nitrogen and oxygen atoms in total. The smallest absolute Gasteiger partial charge is 0.252 e. The van der Waals surface area contributed by atoms with Gasteiger partial charge in [0.15, 0.2) is 5.96 Å². The summed E-state index contributed by atoms with van der Waals surface area (Å²) in [5.41, 5.74) is 0.189. The van der Waals surface area contributed by atoms with Crippen LogP contribution >= 0.6 is 35.6 Å². The Labute approximate surface area is 165 Å². The maximum absolute atomic E-state index is 12.0. The summed E-state index contributed by atoms with van der Waals surface area (Å²) in [6.07, 6.45) is 0. The van der Waals surface area contributed by atoms with Gasteiger partial charge in [0.2, 0.25) is 0 Å². The first-order chi connectivity index (χ1) is 10.9. The molecular weight excluding hydrogens is 443 g/mol. The molecule has 0 radical (unpaired) electrons. The van der Waals surface area contributed by atoms with Crippen LogP contribution < -0.4 is 16.0 Å². The Kier molecular flexibility index (Phi) is 11.0. The summed E-state index contributed by atoms with van der Waals surface area (Å²) >= 11 is 5.99. The van der Waals surface area contributed by atoms with E-state index in [1.54, 1.807) is 38.4 Å². The van der Waals surface area contributed by atoms with Gasteiger partial charge in [0, 0.05) is 33.8 Å². The first-order valence-corrected chi connectivity index (χ1v) is 7.80. The largest absolute Gasteiger partial charge is 0.377 e.